The van der Waals surface area contributed by atoms with E-state index in [1.807, 2.05) is 0 Å². The van der Waals surface area contributed by atoms with Gasteiger partial charge in [0.2, 0.25) is 0 Å². The number of aliphatic hydroxyl groups is 1. The third-order valence-electron chi connectivity index (χ3n) is 7.71. The molecule has 4 aliphatic rings. The maximum Gasteiger partial charge on any atom is 0.304 e. The number of fused-ring (bicyclic) bond motifs is 1. The van der Waals surface area contributed by atoms with Gasteiger partial charge >= 0.3 is 5.97 Å². The predicted molar refractivity (Wildman–Crippen MR) is 147 cm³/mol. The van der Waals surface area contributed by atoms with Crippen LogP contribution < -0.4 is 5.32 Å². The van der Waals surface area contributed by atoms with Crippen molar-refractivity contribution in [2.45, 2.75) is 58.1 Å². The molecule has 0 amide bonds. The molecule has 0 aromatic carbocycles. The number of carboxylic acid groups (broad SMARTS) is 1. The minimum Gasteiger partial charge on any atom is -0.481 e. The van der Waals surface area contributed by atoms with E-state index < -0.39 is 12.2 Å². The Bertz CT molecular complexity index is 1070. The normalized spacial score (nSPS) is 25.6. The minimum absolute atomic E-state index is 0.00198. The van der Waals surface area contributed by atoms with Crippen molar-refractivity contribution in [3.63, 3.8) is 0 Å². The Hall–Kier alpha value is -2.40. The highest BCUT2D eigenvalue weighted by atomic mass is 35.5. The Morgan fingerprint density at radius 1 is 1.14 bits per heavy atom. The van der Waals surface area contributed by atoms with Crippen molar-refractivity contribution < 1.29 is 15.0 Å². The molecule has 192 valence electrons. The number of halogens is 1. The molecule has 5 atom stereocenters. The lowest BCUT2D eigenvalue weighted by Crippen LogP contribution is -2.37. The van der Waals surface area contributed by atoms with E-state index in [2.05, 4.69) is 79.1 Å². The van der Waals surface area contributed by atoms with Crippen molar-refractivity contribution in [3.05, 3.63) is 94.2 Å². The largest absolute Gasteiger partial charge is 0.481 e. The maximum absolute atomic E-state index is 10.8. The summed E-state index contributed by atoms with van der Waals surface area (Å²) in [6.07, 6.45) is 29.6. The first-order valence-corrected chi connectivity index (χ1v) is 13.7. The Labute approximate surface area is 220 Å². The molecule has 4 rings (SSSR count). The van der Waals surface area contributed by atoms with Gasteiger partial charge in [-0.25, -0.2) is 0 Å². The molecule has 0 fully saturated rings. The van der Waals surface area contributed by atoms with Gasteiger partial charge in [0.15, 0.2) is 0 Å². The number of aliphatic hydroxyl groups excluding tert-OH is 1. The molecule has 0 aromatic rings. The van der Waals surface area contributed by atoms with E-state index in [-0.39, 0.29) is 24.8 Å². The fraction of sp³-hybridized carbons (Fsp3) is 0.452. The van der Waals surface area contributed by atoms with E-state index >= 15 is 0 Å². The quantitative estimate of drug-likeness (QED) is 0.271. The van der Waals surface area contributed by atoms with Crippen LogP contribution in [0.25, 0.3) is 0 Å². The summed E-state index contributed by atoms with van der Waals surface area (Å²) in [5.41, 5.74) is 5.63. The van der Waals surface area contributed by atoms with Crippen molar-refractivity contribution in [2.75, 3.05) is 6.54 Å². The molecular weight excluding hydrogens is 470 g/mol. The number of rotatable bonds is 11. The number of aliphatic carboxylic acids is 1. The van der Waals surface area contributed by atoms with Crippen LogP contribution in [0.15, 0.2) is 94.2 Å². The van der Waals surface area contributed by atoms with Gasteiger partial charge in [-0.2, -0.15) is 0 Å². The zero-order valence-corrected chi connectivity index (χ0v) is 21.8. The highest BCUT2D eigenvalue weighted by Crippen LogP contribution is 2.46. The molecule has 0 saturated heterocycles. The number of carbonyl (C=O) groups is 1. The zero-order valence-electron chi connectivity index (χ0n) is 21.1. The van der Waals surface area contributed by atoms with Gasteiger partial charge < -0.3 is 10.2 Å². The second kappa shape index (κ2) is 12.7. The van der Waals surface area contributed by atoms with Crippen LogP contribution in [-0.2, 0) is 4.79 Å². The Balaban J connectivity index is 1.62. The summed E-state index contributed by atoms with van der Waals surface area (Å²) < 4.78 is 0. The maximum atomic E-state index is 10.8. The monoisotopic (exact) mass is 507 g/mol. The van der Waals surface area contributed by atoms with Gasteiger partial charge in [0, 0.05) is 29.3 Å². The lowest BCUT2D eigenvalue weighted by atomic mass is 9.67. The average molecular weight is 508 g/mol. The van der Waals surface area contributed by atoms with E-state index in [0.717, 1.165) is 43.6 Å². The van der Waals surface area contributed by atoms with Crippen molar-refractivity contribution in [1.29, 1.82) is 0 Å². The van der Waals surface area contributed by atoms with E-state index in [9.17, 15) is 9.90 Å². The number of carboxylic acids is 1. The van der Waals surface area contributed by atoms with E-state index in [0.29, 0.717) is 11.8 Å². The first-order chi connectivity index (χ1) is 17.5. The van der Waals surface area contributed by atoms with Crippen LogP contribution in [0.2, 0.25) is 0 Å². The third kappa shape index (κ3) is 6.47. The average Bonchev–Trinajstić information content (AvgIpc) is 2.89. The molecule has 0 spiro atoms. The number of hydrogen-bond acceptors (Lipinski definition) is 3. The number of hydrogen-bond donors (Lipinski definition) is 3. The number of nitrogens with one attached hydrogen (secondary N) is 1. The molecule has 0 aromatic heterocycles. The zero-order chi connectivity index (χ0) is 25.5. The van der Waals surface area contributed by atoms with Gasteiger partial charge in [0.05, 0.1) is 6.42 Å². The van der Waals surface area contributed by atoms with Crippen LogP contribution in [0.3, 0.4) is 0 Å². The minimum atomic E-state index is -0.865. The molecule has 4 aliphatic carbocycles. The fourth-order valence-corrected chi connectivity index (χ4v) is 6.02. The van der Waals surface area contributed by atoms with Crippen molar-refractivity contribution in [1.82, 2.24) is 5.32 Å². The van der Waals surface area contributed by atoms with Gasteiger partial charge in [-0.15, -0.1) is 0 Å². The second-order valence-electron chi connectivity index (χ2n) is 10.1. The summed E-state index contributed by atoms with van der Waals surface area (Å²) in [5.74, 6) is 0.130. The van der Waals surface area contributed by atoms with E-state index in [4.69, 9.17) is 16.7 Å². The number of allylic oxidation sites excluding steroid dienone is 15. The Morgan fingerprint density at radius 2 is 2.00 bits per heavy atom. The van der Waals surface area contributed by atoms with Crippen LogP contribution in [-0.4, -0.2) is 29.0 Å². The molecule has 4 nitrogen and oxygen atoms in total. The first-order valence-electron chi connectivity index (χ1n) is 13.3. The molecular formula is C31H38ClNO3. The van der Waals surface area contributed by atoms with Gasteiger partial charge in [-0.05, 0) is 60.8 Å². The summed E-state index contributed by atoms with van der Waals surface area (Å²) in [4.78, 5) is 10.8. The Kier molecular flexibility index (Phi) is 9.41. The standard InChI is InChI=1S/C31H38ClNO3/c1-2-6-27(22-11-13-24(14-12-22)31(36)33-20-19-29(34)35)30(23-15-17-25(32)18-16-23)28-10-5-8-21-7-3-4-9-26(21)28/h3-5,7,9-13,15,17,21,24,27,30-31,33,36H,2,6,8,14,16,18-20H2,1H3,(H,34,35). The SMILES string of the molecule is CCCC(C1=CCC(C(O)NCCC(=O)O)C=C1)C(C1=CC=C(Cl)CC1)C1=C2C=CC=CC2CC=C1. The summed E-state index contributed by atoms with van der Waals surface area (Å²) >= 11 is 6.36. The van der Waals surface area contributed by atoms with Gasteiger partial charge in [0.1, 0.15) is 6.23 Å². The van der Waals surface area contributed by atoms with Crippen LogP contribution in [0.5, 0.6) is 0 Å². The van der Waals surface area contributed by atoms with Crippen LogP contribution in [0.4, 0.5) is 0 Å². The summed E-state index contributed by atoms with van der Waals surface area (Å²) in [6, 6.07) is 0. The first kappa shape index (κ1) is 26.7. The molecule has 0 bridgehead atoms. The molecule has 5 unspecified atom stereocenters. The van der Waals surface area contributed by atoms with Gasteiger partial charge in [0.25, 0.3) is 0 Å². The molecule has 0 saturated carbocycles. The van der Waals surface area contributed by atoms with Crippen molar-refractivity contribution in [3.8, 4) is 0 Å². The van der Waals surface area contributed by atoms with Crippen LogP contribution >= 0.6 is 11.6 Å². The summed E-state index contributed by atoms with van der Waals surface area (Å²) in [5, 5.41) is 23.3. The highest BCUT2D eigenvalue weighted by Gasteiger charge is 2.34. The molecule has 0 aliphatic heterocycles. The molecule has 0 radical (unpaired) electrons. The van der Waals surface area contributed by atoms with Crippen molar-refractivity contribution in [2.24, 2.45) is 23.7 Å². The lowest BCUT2D eigenvalue weighted by molar-refractivity contribution is -0.137. The molecule has 0 heterocycles. The van der Waals surface area contributed by atoms with Gasteiger partial charge in [-0.1, -0.05) is 91.3 Å². The topological polar surface area (TPSA) is 69.6 Å². The third-order valence-corrected chi connectivity index (χ3v) is 8.02. The van der Waals surface area contributed by atoms with Crippen LogP contribution in [0, 0.1) is 23.7 Å². The smallest absolute Gasteiger partial charge is 0.304 e. The molecule has 5 heteroatoms. The molecule has 3 N–H and O–H groups in total. The van der Waals surface area contributed by atoms with Crippen LogP contribution in [0.1, 0.15) is 51.9 Å². The van der Waals surface area contributed by atoms with E-state index in [1.165, 1.54) is 22.3 Å². The predicted octanol–water partition coefficient (Wildman–Crippen LogP) is 6.75. The van der Waals surface area contributed by atoms with Gasteiger partial charge in [-0.3, -0.25) is 10.1 Å². The second-order valence-corrected chi connectivity index (χ2v) is 10.6. The fourth-order valence-electron chi connectivity index (χ4n) is 5.86. The van der Waals surface area contributed by atoms with E-state index in [1.54, 1.807) is 0 Å². The summed E-state index contributed by atoms with van der Waals surface area (Å²) in [6.45, 7) is 2.51. The molecule has 36 heavy (non-hydrogen) atoms. The van der Waals surface area contributed by atoms with Crippen molar-refractivity contribution >= 4 is 17.6 Å². The highest BCUT2D eigenvalue weighted by molar-refractivity contribution is 6.29. The Morgan fingerprint density at radius 3 is 2.69 bits per heavy atom. The summed E-state index contributed by atoms with van der Waals surface area (Å²) in [7, 11) is 0. The lowest BCUT2D eigenvalue weighted by Gasteiger charge is -2.37.